The van der Waals surface area contributed by atoms with Crippen molar-refractivity contribution in [1.29, 1.82) is 0 Å². The van der Waals surface area contributed by atoms with Crippen molar-refractivity contribution in [2.75, 3.05) is 5.84 Å². The molecule has 0 atom stereocenters. The molecular weight excluding hydrogens is 216 g/mol. The number of hydrogen-bond acceptors (Lipinski definition) is 7. The van der Waals surface area contributed by atoms with E-state index in [2.05, 4.69) is 10.2 Å². The minimum Gasteiger partial charge on any atom is -0.336 e. The molecule has 0 saturated carbocycles. The summed E-state index contributed by atoms with van der Waals surface area (Å²) in [6.45, 7) is 0. The molecule has 0 aliphatic carbocycles. The van der Waals surface area contributed by atoms with Gasteiger partial charge in [-0.3, -0.25) is 20.4 Å². The van der Waals surface area contributed by atoms with Gasteiger partial charge >= 0.3 is 0 Å². The molecule has 10 nitrogen and oxygen atoms in total. The first kappa shape index (κ1) is 11.9. The van der Waals surface area contributed by atoms with E-state index in [1.165, 1.54) is 0 Å². The minimum absolute atomic E-state index is 0.121. The van der Waals surface area contributed by atoms with Gasteiger partial charge in [0.15, 0.2) is 11.6 Å². The van der Waals surface area contributed by atoms with E-state index in [0.717, 1.165) is 4.68 Å². The Balaban J connectivity index is 2.76. The number of aromatic nitrogens is 3. The molecule has 1 heterocycles. The predicted octanol–water partition coefficient (Wildman–Crippen LogP) is -3.94. The molecule has 16 heavy (non-hydrogen) atoms. The highest BCUT2D eigenvalue weighted by molar-refractivity contribution is 5.78. The summed E-state index contributed by atoms with van der Waals surface area (Å²) in [6.07, 6.45) is -0.242. The topological polar surface area (TPSA) is 167 Å². The van der Waals surface area contributed by atoms with Crippen LogP contribution < -0.4 is 28.4 Å². The standard InChI is InChI=1S/C6H12N8O2/c7-10-5(15)1-3-12-13-4(14(3)9)2-6(16)11-8/h1-2,7-9H2,(H,10,15)(H,11,16). The fourth-order valence-electron chi connectivity index (χ4n) is 0.991. The molecule has 0 fully saturated rings. The van der Waals surface area contributed by atoms with Crippen LogP contribution >= 0.6 is 0 Å². The molecule has 0 aliphatic heterocycles. The Morgan fingerprint density at radius 2 is 1.44 bits per heavy atom. The Morgan fingerprint density at radius 1 is 1.06 bits per heavy atom. The summed E-state index contributed by atoms with van der Waals surface area (Å²) in [7, 11) is 0. The van der Waals surface area contributed by atoms with Gasteiger partial charge in [0, 0.05) is 0 Å². The largest absolute Gasteiger partial charge is 0.336 e. The number of amides is 2. The van der Waals surface area contributed by atoms with Gasteiger partial charge in [-0.2, -0.15) is 0 Å². The highest BCUT2D eigenvalue weighted by Gasteiger charge is 2.14. The maximum absolute atomic E-state index is 10.9. The first-order valence-electron chi connectivity index (χ1n) is 4.25. The van der Waals surface area contributed by atoms with Crippen LogP contribution in [0, 0.1) is 0 Å². The molecule has 88 valence electrons. The lowest BCUT2D eigenvalue weighted by molar-refractivity contribution is -0.121. The van der Waals surface area contributed by atoms with Crippen LogP contribution in [-0.4, -0.2) is 26.7 Å². The Labute approximate surface area is 90.1 Å². The Morgan fingerprint density at radius 3 is 1.75 bits per heavy atom. The quantitative estimate of drug-likeness (QED) is 0.199. The fraction of sp³-hybridized carbons (Fsp3) is 0.333. The van der Waals surface area contributed by atoms with E-state index >= 15 is 0 Å². The number of nitrogens with one attached hydrogen (secondary N) is 2. The first-order valence-corrected chi connectivity index (χ1v) is 4.25. The van der Waals surface area contributed by atoms with Gasteiger partial charge in [0.25, 0.3) is 0 Å². The first-order chi connectivity index (χ1) is 7.58. The van der Waals surface area contributed by atoms with E-state index < -0.39 is 11.8 Å². The summed E-state index contributed by atoms with van der Waals surface area (Å²) in [5, 5.41) is 7.28. The maximum atomic E-state index is 10.9. The number of nitrogens with two attached hydrogens (primary N) is 3. The zero-order valence-corrected chi connectivity index (χ0v) is 8.30. The normalized spacial score (nSPS) is 9.88. The minimum atomic E-state index is -0.464. The average molecular weight is 228 g/mol. The summed E-state index contributed by atoms with van der Waals surface area (Å²) >= 11 is 0. The SMILES string of the molecule is NNC(=O)Cc1nnc(CC(=O)NN)n1N. The molecular formula is C6H12N8O2. The average Bonchev–Trinajstić information content (AvgIpc) is 2.61. The summed E-state index contributed by atoms with van der Waals surface area (Å²) in [5.74, 6) is 14.8. The number of rotatable bonds is 4. The van der Waals surface area contributed by atoms with Crippen molar-refractivity contribution in [2.24, 2.45) is 11.7 Å². The third-order valence-electron chi connectivity index (χ3n) is 1.80. The van der Waals surface area contributed by atoms with Crippen LogP contribution in [0.1, 0.15) is 11.6 Å². The summed E-state index contributed by atoms with van der Waals surface area (Å²) in [5.41, 5.74) is 3.85. The molecule has 0 bridgehead atoms. The van der Waals surface area contributed by atoms with E-state index in [9.17, 15) is 9.59 Å². The van der Waals surface area contributed by atoms with Crippen LogP contribution in [-0.2, 0) is 22.4 Å². The van der Waals surface area contributed by atoms with E-state index in [-0.39, 0.29) is 24.5 Å². The van der Waals surface area contributed by atoms with Crippen molar-refractivity contribution < 1.29 is 9.59 Å². The van der Waals surface area contributed by atoms with Crippen molar-refractivity contribution in [3.05, 3.63) is 11.6 Å². The number of carbonyl (C=O) groups is 2. The van der Waals surface area contributed by atoms with Gasteiger partial charge in [-0.1, -0.05) is 0 Å². The number of nitrogen functional groups attached to an aromatic ring is 1. The van der Waals surface area contributed by atoms with Gasteiger partial charge in [0.2, 0.25) is 11.8 Å². The highest BCUT2D eigenvalue weighted by Crippen LogP contribution is 1.98. The van der Waals surface area contributed by atoms with Crippen LogP contribution in [0.15, 0.2) is 0 Å². The van der Waals surface area contributed by atoms with Crippen LogP contribution in [0.4, 0.5) is 0 Å². The monoisotopic (exact) mass is 228 g/mol. The van der Waals surface area contributed by atoms with Crippen LogP contribution in [0.2, 0.25) is 0 Å². The summed E-state index contributed by atoms with van der Waals surface area (Å²) < 4.78 is 1.05. The van der Waals surface area contributed by atoms with Crippen molar-refractivity contribution in [1.82, 2.24) is 25.7 Å². The maximum Gasteiger partial charge on any atom is 0.241 e. The molecule has 0 radical (unpaired) electrons. The van der Waals surface area contributed by atoms with Gasteiger partial charge < -0.3 is 5.84 Å². The molecule has 0 aromatic carbocycles. The van der Waals surface area contributed by atoms with Gasteiger partial charge in [-0.15, -0.1) is 10.2 Å². The molecule has 0 unspecified atom stereocenters. The summed E-state index contributed by atoms with van der Waals surface area (Å²) in [6, 6.07) is 0. The van der Waals surface area contributed by atoms with E-state index in [1.807, 2.05) is 10.9 Å². The van der Waals surface area contributed by atoms with Gasteiger partial charge in [-0.25, -0.2) is 16.4 Å². The lowest BCUT2D eigenvalue weighted by Gasteiger charge is -2.02. The van der Waals surface area contributed by atoms with Crippen molar-refractivity contribution in [3.63, 3.8) is 0 Å². The van der Waals surface area contributed by atoms with Crippen molar-refractivity contribution in [2.45, 2.75) is 12.8 Å². The second-order valence-electron chi connectivity index (χ2n) is 2.89. The number of hydrazine groups is 2. The number of carbonyl (C=O) groups excluding carboxylic acids is 2. The molecule has 8 N–H and O–H groups in total. The van der Waals surface area contributed by atoms with Crippen LogP contribution in [0.5, 0.6) is 0 Å². The van der Waals surface area contributed by atoms with Crippen LogP contribution in [0.3, 0.4) is 0 Å². The molecule has 0 aliphatic rings. The van der Waals surface area contributed by atoms with Gasteiger partial charge in [0.05, 0.1) is 12.8 Å². The lowest BCUT2D eigenvalue weighted by atomic mass is 10.3. The number of nitrogens with zero attached hydrogens (tertiary/aromatic N) is 3. The van der Waals surface area contributed by atoms with Crippen molar-refractivity contribution in [3.8, 4) is 0 Å². The summed E-state index contributed by atoms with van der Waals surface area (Å²) in [4.78, 5) is 21.9. The molecule has 1 rings (SSSR count). The predicted molar refractivity (Wildman–Crippen MR) is 52.2 cm³/mol. The molecule has 10 heteroatoms. The molecule has 1 aromatic rings. The molecule has 0 spiro atoms. The fourth-order valence-corrected chi connectivity index (χ4v) is 0.991. The molecule has 1 aromatic heterocycles. The Hall–Kier alpha value is -2.20. The zero-order chi connectivity index (χ0) is 12.1. The third-order valence-corrected chi connectivity index (χ3v) is 1.80. The van der Waals surface area contributed by atoms with E-state index in [4.69, 9.17) is 17.5 Å². The number of hydrogen-bond donors (Lipinski definition) is 5. The van der Waals surface area contributed by atoms with Gasteiger partial charge in [-0.05, 0) is 0 Å². The second kappa shape index (κ2) is 5.04. The third kappa shape index (κ3) is 2.65. The second-order valence-corrected chi connectivity index (χ2v) is 2.89. The smallest absolute Gasteiger partial charge is 0.241 e. The Bertz CT molecular complexity index is 364. The van der Waals surface area contributed by atoms with Crippen molar-refractivity contribution >= 4 is 11.8 Å². The van der Waals surface area contributed by atoms with E-state index in [1.54, 1.807) is 0 Å². The van der Waals surface area contributed by atoms with E-state index in [0.29, 0.717) is 0 Å². The molecule has 0 saturated heterocycles. The van der Waals surface area contributed by atoms with Gasteiger partial charge in [0.1, 0.15) is 0 Å². The Kier molecular flexibility index (Phi) is 3.74. The molecule has 2 amide bonds. The highest BCUT2D eigenvalue weighted by atomic mass is 16.2. The lowest BCUT2D eigenvalue weighted by Crippen LogP contribution is -2.34. The van der Waals surface area contributed by atoms with Crippen LogP contribution in [0.25, 0.3) is 0 Å². The zero-order valence-electron chi connectivity index (χ0n) is 8.30.